The number of Topliss-reactive ketones (excluding diaryl/α,β-unsaturated/α-hetero) is 1. The summed E-state index contributed by atoms with van der Waals surface area (Å²) in [6.45, 7) is -1.81. The van der Waals surface area contributed by atoms with Crippen LogP contribution in [0.5, 0.6) is 0 Å². The average molecular weight is 210 g/mol. The highest BCUT2D eigenvalue weighted by Gasteiger charge is 2.33. The average Bonchev–Trinajstić information content (AvgIpc) is 2.23. The second-order valence-electron chi connectivity index (χ2n) is 2.80. The van der Waals surface area contributed by atoms with E-state index < -0.39 is 43.4 Å². The molecule has 0 heterocycles. The van der Waals surface area contributed by atoms with Gasteiger partial charge in [-0.3, -0.25) is 4.79 Å². The van der Waals surface area contributed by atoms with Crippen LogP contribution in [0.25, 0.3) is 0 Å². The van der Waals surface area contributed by atoms with Crippen LogP contribution in [0.1, 0.15) is 0 Å². The summed E-state index contributed by atoms with van der Waals surface area (Å²) in [4.78, 5) is 10.7. The Bertz CT molecular complexity index is 183. The van der Waals surface area contributed by atoms with E-state index in [-0.39, 0.29) is 0 Å². The molecule has 0 fully saturated rings. The maximum Gasteiger partial charge on any atom is 0.189 e. The maximum absolute atomic E-state index is 10.7. The normalized spacial score (nSPS) is 19.9. The van der Waals surface area contributed by atoms with E-state index in [9.17, 15) is 4.79 Å². The summed E-state index contributed by atoms with van der Waals surface area (Å²) < 4.78 is 0. The van der Waals surface area contributed by atoms with Crippen molar-refractivity contribution in [2.75, 3.05) is 13.2 Å². The van der Waals surface area contributed by atoms with Crippen molar-refractivity contribution in [3.8, 4) is 0 Å². The Hall–Kier alpha value is -0.570. The van der Waals surface area contributed by atoms with E-state index >= 15 is 0 Å². The zero-order chi connectivity index (χ0) is 11.3. The summed E-state index contributed by atoms with van der Waals surface area (Å²) in [5, 5.41) is 52.7. The topological polar surface area (TPSA) is 138 Å². The van der Waals surface area contributed by atoms with Crippen molar-refractivity contribution < 1.29 is 35.4 Å². The van der Waals surface area contributed by atoms with E-state index in [1.54, 1.807) is 0 Å². The van der Waals surface area contributed by atoms with Crippen LogP contribution >= 0.6 is 0 Å². The number of ketones is 1. The minimum atomic E-state index is -1.99. The fraction of sp³-hybridized carbons (Fsp3) is 0.857. The molecule has 0 amide bonds. The molecule has 0 aliphatic rings. The molecule has 0 rings (SSSR count). The predicted molar refractivity (Wildman–Crippen MR) is 43.2 cm³/mol. The molecule has 0 saturated heterocycles. The van der Waals surface area contributed by atoms with Gasteiger partial charge in [0.2, 0.25) is 0 Å². The van der Waals surface area contributed by atoms with Gasteiger partial charge in [0, 0.05) is 0 Å². The van der Waals surface area contributed by atoms with Crippen LogP contribution in [0.3, 0.4) is 0 Å². The van der Waals surface area contributed by atoms with Crippen molar-refractivity contribution in [2.24, 2.45) is 0 Å². The predicted octanol–water partition coefficient (Wildman–Crippen LogP) is -4.02. The van der Waals surface area contributed by atoms with Crippen molar-refractivity contribution >= 4 is 5.78 Å². The van der Waals surface area contributed by atoms with Crippen LogP contribution in [0.2, 0.25) is 0 Å². The van der Waals surface area contributed by atoms with Crippen LogP contribution in [0, 0.1) is 0 Å². The highest BCUT2D eigenvalue weighted by Crippen LogP contribution is 2.05. The summed E-state index contributed by atoms with van der Waals surface area (Å²) in [5.41, 5.74) is 0. The smallest absolute Gasteiger partial charge is 0.189 e. The van der Waals surface area contributed by atoms with E-state index in [0.29, 0.717) is 0 Å². The molecular formula is C7H14O7. The first-order valence-corrected chi connectivity index (χ1v) is 3.92. The van der Waals surface area contributed by atoms with E-state index in [0.717, 1.165) is 0 Å². The molecule has 0 aromatic rings. The van der Waals surface area contributed by atoms with Crippen LogP contribution < -0.4 is 0 Å². The summed E-state index contributed by atoms with van der Waals surface area (Å²) in [7, 11) is 0. The largest absolute Gasteiger partial charge is 0.394 e. The molecule has 0 aliphatic heterocycles. The molecule has 4 atom stereocenters. The zero-order valence-electron chi connectivity index (χ0n) is 7.32. The van der Waals surface area contributed by atoms with Gasteiger partial charge in [-0.25, -0.2) is 0 Å². The van der Waals surface area contributed by atoms with Crippen molar-refractivity contribution in [1.29, 1.82) is 0 Å². The Balaban J connectivity index is 4.30. The van der Waals surface area contributed by atoms with Gasteiger partial charge in [0.25, 0.3) is 0 Å². The molecule has 0 aromatic heterocycles. The van der Waals surface area contributed by atoms with Crippen LogP contribution in [-0.2, 0) is 4.79 Å². The van der Waals surface area contributed by atoms with Crippen molar-refractivity contribution in [3.05, 3.63) is 0 Å². The van der Waals surface area contributed by atoms with Gasteiger partial charge in [-0.05, 0) is 0 Å². The number of hydrogen-bond donors (Lipinski definition) is 6. The Morgan fingerprint density at radius 2 is 1.50 bits per heavy atom. The second kappa shape index (κ2) is 6.02. The first-order chi connectivity index (χ1) is 6.45. The molecule has 7 nitrogen and oxygen atoms in total. The molecule has 0 unspecified atom stereocenters. The minimum absolute atomic E-state index is 0.821. The van der Waals surface area contributed by atoms with Gasteiger partial charge in [0.1, 0.15) is 31.0 Å². The lowest BCUT2D eigenvalue weighted by atomic mass is 10.0. The van der Waals surface area contributed by atoms with Crippen molar-refractivity contribution in [3.63, 3.8) is 0 Å². The first kappa shape index (κ1) is 13.4. The summed E-state index contributed by atoms with van der Waals surface area (Å²) in [6, 6.07) is 0. The third-order valence-electron chi connectivity index (χ3n) is 1.74. The summed E-state index contributed by atoms with van der Waals surface area (Å²) >= 11 is 0. The Morgan fingerprint density at radius 3 is 1.86 bits per heavy atom. The number of carbonyl (C=O) groups is 1. The molecule has 14 heavy (non-hydrogen) atoms. The van der Waals surface area contributed by atoms with Gasteiger partial charge in [-0.1, -0.05) is 0 Å². The number of carbonyl (C=O) groups excluding carboxylic acids is 1. The van der Waals surface area contributed by atoms with Crippen LogP contribution in [0.15, 0.2) is 0 Å². The first-order valence-electron chi connectivity index (χ1n) is 3.92. The second-order valence-corrected chi connectivity index (χ2v) is 2.80. The summed E-state index contributed by atoms with van der Waals surface area (Å²) in [5.74, 6) is -1.08. The quantitative estimate of drug-likeness (QED) is 0.262. The standard InChI is InChI=1S/C7H14O7/c8-1-3(10)5(12)7(14)6(13)4(11)2-9/h3,5-10,12-14H,1-2H2/t3-,5-,6+,7+/m1/s1. The molecule has 0 radical (unpaired) electrons. The molecule has 7 heteroatoms. The van der Waals surface area contributed by atoms with Gasteiger partial charge in [-0.15, -0.1) is 0 Å². The van der Waals surface area contributed by atoms with Gasteiger partial charge >= 0.3 is 0 Å². The molecule has 0 aromatic carbocycles. The van der Waals surface area contributed by atoms with E-state index in [1.165, 1.54) is 0 Å². The fourth-order valence-electron chi connectivity index (χ4n) is 0.806. The molecule has 0 spiro atoms. The molecule has 6 N–H and O–H groups in total. The third kappa shape index (κ3) is 3.29. The maximum atomic E-state index is 10.7. The SMILES string of the molecule is O=C(CO)[C@H](O)[C@@H](O)[C@H](O)[C@H](O)CO. The molecule has 84 valence electrons. The number of hydrogen-bond acceptors (Lipinski definition) is 7. The molecule has 0 bridgehead atoms. The molecule has 0 saturated carbocycles. The van der Waals surface area contributed by atoms with Crippen LogP contribution in [-0.4, -0.2) is 74.1 Å². The molecule has 0 aliphatic carbocycles. The minimum Gasteiger partial charge on any atom is -0.394 e. The van der Waals surface area contributed by atoms with E-state index in [1.807, 2.05) is 0 Å². The van der Waals surface area contributed by atoms with E-state index in [2.05, 4.69) is 0 Å². The lowest BCUT2D eigenvalue weighted by Crippen LogP contribution is -2.49. The number of aliphatic hydroxyl groups excluding tert-OH is 6. The number of rotatable bonds is 6. The Kier molecular flexibility index (Phi) is 5.77. The van der Waals surface area contributed by atoms with Crippen molar-refractivity contribution in [2.45, 2.75) is 24.4 Å². The van der Waals surface area contributed by atoms with Gasteiger partial charge in [0.05, 0.1) is 6.61 Å². The van der Waals surface area contributed by atoms with E-state index in [4.69, 9.17) is 30.6 Å². The number of aliphatic hydroxyl groups is 6. The van der Waals surface area contributed by atoms with Crippen molar-refractivity contribution in [1.82, 2.24) is 0 Å². The fourth-order valence-corrected chi connectivity index (χ4v) is 0.806. The lowest BCUT2D eigenvalue weighted by Gasteiger charge is -2.24. The monoisotopic (exact) mass is 210 g/mol. The Morgan fingerprint density at radius 1 is 1.00 bits per heavy atom. The molecular weight excluding hydrogens is 196 g/mol. The lowest BCUT2D eigenvalue weighted by molar-refractivity contribution is -0.149. The van der Waals surface area contributed by atoms with Gasteiger partial charge in [0.15, 0.2) is 5.78 Å². The van der Waals surface area contributed by atoms with Gasteiger partial charge < -0.3 is 30.6 Å². The van der Waals surface area contributed by atoms with Gasteiger partial charge in [-0.2, -0.15) is 0 Å². The zero-order valence-corrected chi connectivity index (χ0v) is 7.32. The van der Waals surface area contributed by atoms with Crippen LogP contribution in [0.4, 0.5) is 0 Å². The summed E-state index contributed by atoms with van der Waals surface area (Å²) in [6.07, 6.45) is -7.45. The highest BCUT2D eigenvalue weighted by atomic mass is 16.4. The Labute approximate surface area is 79.9 Å². The third-order valence-corrected chi connectivity index (χ3v) is 1.74. The highest BCUT2D eigenvalue weighted by molar-refractivity contribution is 5.84.